The summed E-state index contributed by atoms with van der Waals surface area (Å²) in [6.07, 6.45) is 0.956. The van der Waals surface area contributed by atoms with Crippen molar-refractivity contribution in [2.75, 3.05) is 18.4 Å². The topological polar surface area (TPSA) is 107 Å². The number of amides is 1. The number of hydrogen-bond acceptors (Lipinski definition) is 4. The molecule has 4 N–H and O–H groups in total. The van der Waals surface area contributed by atoms with Crippen LogP contribution in [0.15, 0.2) is 27.8 Å². The first-order chi connectivity index (χ1) is 9.60. The second-order valence-corrected chi connectivity index (χ2v) is 4.39. The van der Waals surface area contributed by atoms with Gasteiger partial charge in [-0.05, 0) is 31.2 Å². The van der Waals surface area contributed by atoms with Crippen molar-refractivity contribution in [2.45, 2.75) is 13.3 Å². The van der Waals surface area contributed by atoms with E-state index in [1.807, 2.05) is 6.92 Å². The van der Waals surface area contributed by atoms with E-state index in [9.17, 15) is 14.4 Å². The van der Waals surface area contributed by atoms with Crippen LogP contribution in [0.1, 0.15) is 13.3 Å². The molecular formula is C13H16N4O3. The molecule has 0 saturated carbocycles. The fourth-order valence-electron chi connectivity index (χ4n) is 1.78. The van der Waals surface area contributed by atoms with Gasteiger partial charge in [-0.25, -0.2) is 0 Å². The molecule has 0 unspecified atom stereocenters. The Hall–Kier alpha value is -2.41. The van der Waals surface area contributed by atoms with Crippen molar-refractivity contribution in [3.63, 3.8) is 0 Å². The number of carbonyl (C=O) groups is 1. The highest BCUT2D eigenvalue weighted by Gasteiger charge is 2.04. The number of anilines is 1. The molecule has 0 aliphatic rings. The van der Waals surface area contributed by atoms with E-state index in [0.717, 1.165) is 13.0 Å². The van der Waals surface area contributed by atoms with Crippen molar-refractivity contribution in [3.05, 3.63) is 38.9 Å². The SMILES string of the molecule is CCCNCC(=O)Nc1ccc2[nH]c(=O)c(=O)[nH]c2c1. The fourth-order valence-corrected chi connectivity index (χ4v) is 1.78. The lowest BCUT2D eigenvalue weighted by Crippen LogP contribution is -2.29. The van der Waals surface area contributed by atoms with Crippen molar-refractivity contribution in [2.24, 2.45) is 0 Å². The molecule has 2 rings (SSSR count). The molecule has 106 valence electrons. The number of nitrogens with one attached hydrogen (secondary N) is 4. The third-order valence-electron chi connectivity index (χ3n) is 2.72. The van der Waals surface area contributed by atoms with Gasteiger partial charge in [0, 0.05) is 5.69 Å². The zero-order chi connectivity index (χ0) is 14.5. The average Bonchev–Trinajstić information content (AvgIpc) is 2.41. The summed E-state index contributed by atoms with van der Waals surface area (Å²) < 4.78 is 0. The van der Waals surface area contributed by atoms with Crippen molar-refractivity contribution < 1.29 is 4.79 Å². The standard InChI is InChI=1S/C13H16N4O3/c1-2-5-14-7-11(18)15-8-3-4-9-10(6-8)17-13(20)12(19)16-9/h3-4,6,14H,2,5,7H2,1H3,(H,15,18)(H,16,19)(H,17,20). The van der Waals surface area contributed by atoms with Crippen molar-refractivity contribution in [1.82, 2.24) is 15.3 Å². The van der Waals surface area contributed by atoms with E-state index in [0.29, 0.717) is 16.7 Å². The molecule has 0 bridgehead atoms. The molecule has 1 amide bonds. The molecule has 0 aliphatic heterocycles. The molecule has 0 aliphatic carbocycles. The van der Waals surface area contributed by atoms with Gasteiger partial charge in [0.15, 0.2) is 0 Å². The summed E-state index contributed by atoms with van der Waals surface area (Å²) in [6, 6.07) is 4.89. The minimum atomic E-state index is -0.717. The third kappa shape index (κ3) is 3.33. The molecule has 0 saturated heterocycles. The van der Waals surface area contributed by atoms with Crippen LogP contribution in [0.25, 0.3) is 11.0 Å². The maximum Gasteiger partial charge on any atom is 0.314 e. The second kappa shape index (κ2) is 6.16. The summed E-state index contributed by atoms with van der Waals surface area (Å²) in [5.41, 5.74) is 0.123. The molecule has 1 aromatic carbocycles. The smallest absolute Gasteiger partial charge is 0.314 e. The highest BCUT2D eigenvalue weighted by Crippen LogP contribution is 2.13. The first-order valence-electron chi connectivity index (χ1n) is 6.37. The van der Waals surface area contributed by atoms with Gasteiger partial charge in [0.1, 0.15) is 0 Å². The van der Waals surface area contributed by atoms with Crippen molar-refractivity contribution in [3.8, 4) is 0 Å². The Balaban J connectivity index is 2.15. The first kappa shape index (κ1) is 14.0. The van der Waals surface area contributed by atoms with E-state index in [-0.39, 0.29) is 12.5 Å². The molecule has 0 atom stereocenters. The normalized spacial score (nSPS) is 10.7. The lowest BCUT2D eigenvalue weighted by molar-refractivity contribution is -0.115. The number of fused-ring (bicyclic) bond motifs is 1. The van der Waals surface area contributed by atoms with Crippen LogP contribution >= 0.6 is 0 Å². The summed E-state index contributed by atoms with van der Waals surface area (Å²) in [6.45, 7) is 3.03. The van der Waals surface area contributed by atoms with Crippen LogP contribution < -0.4 is 21.8 Å². The highest BCUT2D eigenvalue weighted by molar-refractivity contribution is 5.94. The Morgan fingerprint density at radius 3 is 2.55 bits per heavy atom. The van der Waals surface area contributed by atoms with Crippen LogP contribution in [0.4, 0.5) is 5.69 Å². The lowest BCUT2D eigenvalue weighted by Gasteiger charge is -2.07. The van der Waals surface area contributed by atoms with Gasteiger partial charge in [-0.3, -0.25) is 14.4 Å². The van der Waals surface area contributed by atoms with Crippen LogP contribution in [0, 0.1) is 0 Å². The van der Waals surface area contributed by atoms with Gasteiger partial charge in [-0.1, -0.05) is 6.92 Å². The highest BCUT2D eigenvalue weighted by atomic mass is 16.2. The zero-order valence-corrected chi connectivity index (χ0v) is 11.1. The first-order valence-corrected chi connectivity index (χ1v) is 6.37. The molecule has 0 radical (unpaired) electrons. The maximum absolute atomic E-state index is 11.6. The maximum atomic E-state index is 11.6. The van der Waals surface area contributed by atoms with Crippen LogP contribution in [0.3, 0.4) is 0 Å². The fraction of sp³-hybridized carbons (Fsp3) is 0.308. The number of aromatic nitrogens is 2. The van der Waals surface area contributed by atoms with Gasteiger partial charge in [0.25, 0.3) is 0 Å². The van der Waals surface area contributed by atoms with Gasteiger partial charge in [0.05, 0.1) is 17.6 Å². The molecule has 0 fully saturated rings. The Bertz CT molecular complexity index is 732. The minimum Gasteiger partial charge on any atom is -0.325 e. The molecule has 7 heteroatoms. The summed E-state index contributed by atoms with van der Waals surface area (Å²) in [7, 11) is 0. The number of benzene rings is 1. The lowest BCUT2D eigenvalue weighted by atomic mass is 10.2. The molecule has 0 spiro atoms. The van der Waals surface area contributed by atoms with Gasteiger partial charge in [0.2, 0.25) is 5.91 Å². The van der Waals surface area contributed by atoms with E-state index < -0.39 is 11.1 Å². The average molecular weight is 276 g/mol. The van der Waals surface area contributed by atoms with E-state index in [1.54, 1.807) is 18.2 Å². The summed E-state index contributed by atoms with van der Waals surface area (Å²) in [5.74, 6) is -0.162. The largest absolute Gasteiger partial charge is 0.325 e. The molecule has 7 nitrogen and oxygen atoms in total. The predicted octanol–water partition coefficient (Wildman–Crippen LogP) is 0.154. The van der Waals surface area contributed by atoms with E-state index in [1.165, 1.54) is 0 Å². The van der Waals surface area contributed by atoms with Crippen molar-refractivity contribution in [1.29, 1.82) is 0 Å². The zero-order valence-electron chi connectivity index (χ0n) is 11.1. The van der Waals surface area contributed by atoms with Gasteiger partial charge in [-0.15, -0.1) is 0 Å². The summed E-state index contributed by atoms with van der Waals surface area (Å²) in [4.78, 5) is 39.0. The number of rotatable bonds is 5. The molecule has 20 heavy (non-hydrogen) atoms. The molecular weight excluding hydrogens is 260 g/mol. The van der Waals surface area contributed by atoms with Crippen molar-refractivity contribution >= 4 is 22.6 Å². The van der Waals surface area contributed by atoms with Gasteiger partial charge < -0.3 is 20.6 Å². The van der Waals surface area contributed by atoms with E-state index in [4.69, 9.17) is 0 Å². The third-order valence-corrected chi connectivity index (χ3v) is 2.72. The Kier molecular flexibility index (Phi) is 4.31. The number of aromatic amines is 2. The quantitative estimate of drug-likeness (QED) is 0.461. The van der Waals surface area contributed by atoms with Crippen LogP contribution in [-0.4, -0.2) is 29.0 Å². The monoisotopic (exact) mass is 276 g/mol. The Morgan fingerprint density at radius 1 is 1.15 bits per heavy atom. The molecule has 1 aromatic heterocycles. The second-order valence-electron chi connectivity index (χ2n) is 4.39. The van der Waals surface area contributed by atoms with E-state index in [2.05, 4.69) is 20.6 Å². The van der Waals surface area contributed by atoms with Crippen LogP contribution in [0.2, 0.25) is 0 Å². The Labute approximate surface area is 114 Å². The van der Waals surface area contributed by atoms with Gasteiger partial charge in [-0.2, -0.15) is 0 Å². The van der Waals surface area contributed by atoms with Crippen LogP contribution in [0.5, 0.6) is 0 Å². The van der Waals surface area contributed by atoms with E-state index >= 15 is 0 Å². The number of H-pyrrole nitrogens is 2. The molecule has 1 heterocycles. The number of carbonyl (C=O) groups excluding carboxylic acids is 1. The summed E-state index contributed by atoms with van der Waals surface area (Å²) in [5, 5.41) is 5.70. The summed E-state index contributed by atoms with van der Waals surface area (Å²) >= 11 is 0. The van der Waals surface area contributed by atoms with Gasteiger partial charge >= 0.3 is 11.1 Å². The Morgan fingerprint density at radius 2 is 1.85 bits per heavy atom. The molecule has 2 aromatic rings. The van der Waals surface area contributed by atoms with Crippen LogP contribution in [-0.2, 0) is 4.79 Å². The predicted molar refractivity (Wildman–Crippen MR) is 77.0 cm³/mol. The minimum absolute atomic E-state index is 0.162. The number of hydrogen-bond donors (Lipinski definition) is 4.